The molecule has 0 bridgehead atoms. The van der Waals surface area contributed by atoms with E-state index in [1.54, 1.807) is 25.4 Å². The van der Waals surface area contributed by atoms with Gasteiger partial charge in [-0.15, -0.1) is 13.2 Å². The van der Waals surface area contributed by atoms with Crippen LogP contribution in [0.2, 0.25) is 0 Å². The van der Waals surface area contributed by atoms with Gasteiger partial charge in [-0.3, -0.25) is 0 Å². The molecule has 1 aliphatic heterocycles. The molecule has 0 saturated carbocycles. The van der Waals surface area contributed by atoms with E-state index in [1.165, 1.54) is 18.2 Å². The molecule has 4 rings (SSSR count). The van der Waals surface area contributed by atoms with E-state index in [2.05, 4.69) is 30.3 Å². The van der Waals surface area contributed by atoms with Crippen molar-refractivity contribution < 1.29 is 23.0 Å². The molecule has 0 aliphatic carbocycles. The summed E-state index contributed by atoms with van der Waals surface area (Å²) in [6.45, 7) is 4.26. The van der Waals surface area contributed by atoms with Crippen molar-refractivity contribution in [3.05, 3.63) is 53.9 Å². The summed E-state index contributed by atoms with van der Waals surface area (Å²) in [5.41, 5.74) is 2.87. The Morgan fingerprint density at radius 2 is 2.03 bits per heavy atom. The van der Waals surface area contributed by atoms with Crippen molar-refractivity contribution in [1.29, 1.82) is 0 Å². The summed E-state index contributed by atoms with van der Waals surface area (Å²) in [5.74, 6) is 0.605. The maximum Gasteiger partial charge on any atom is 0.573 e. The summed E-state index contributed by atoms with van der Waals surface area (Å²) < 4.78 is 41.6. The number of benzene rings is 1. The summed E-state index contributed by atoms with van der Waals surface area (Å²) in [6, 6.07) is 7.64. The van der Waals surface area contributed by atoms with Gasteiger partial charge in [0.05, 0.1) is 12.3 Å². The van der Waals surface area contributed by atoms with Crippen LogP contribution < -0.4 is 15.4 Å². The predicted octanol–water partition coefficient (Wildman–Crippen LogP) is 4.16. The van der Waals surface area contributed by atoms with Crippen molar-refractivity contribution >= 4 is 17.5 Å². The lowest BCUT2D eigenvalue weighted by molar-refractivity contribution is -0.274. The van der Waals surface area contributed by atoms with Crippen LogP contribution in [0.25, 0.3) is 11.3 Å². The normalized spacial score (nSPS) is 17.7. The van der Waals surface area contributed by atoms with Crippen molar-refractivity contribution in [2.24, 2.45) is 0 Å². The van der Waals surface area contributed by atoms with Crippen LogP contribution in [0.5, 0.6) is 5.75 Å². The van der Waals surface area contributed by atoms with Crippen LogP contribution in [0.1, 0.15) is 18.1 Å². The average molecular weight is 431 g/mol. The Kier molecular flexibility index (Phi) is 5.18. The lowest BCUT2D eigenvalue weighted by Gasteiger charge is -2.20. The molecule has 0 saturated heterocycles. The average Bonchev–Trinajstić information content (AvgIpc) is 3.06. The Morgan fingerprint density at radius 3 is 2.77 bits per heavy atom. The third-order valence-electron chi connectivity index (χ3n) is 5.17. The van der Waals surface area contributed by atoms with Crippen molar-refractivity contribution in [1.82, 2.24) is 15.0 Å². The van der Waals surface area contributed by atoms with Crippen LogP contribution >= 0.6 is 0 Å². The Bertz CT molecular complexity index is 1120. The smallest absolute Gasteiger partial charge is 0.406 e. The molecule has 31 heavy (non-hydrogen) atoms. The van der Waals surface area contributed by atoms with Gasteiger partial charge in [-0.25, -0.2) is 15.0 Å². The fraction of sp³-hybridized carbons (Fsp3) is 0.286. The highest BCUT2D eigenvalue weighted by atomic mass is 19.4. The highest BCUT2D eigenvalue weighted by Gasteiger charge is 2.35. The lowest BCUT2D eigenvalue weighted by atomic mass is 9.85. The molecule has 0 fully saturated rings. The van der Waals surface area contributed by atoms with E-state index in [0.717, 1.165) is 16.9 Å². The number of pyridine rings is 1. The molecule has 2 aromatic heterocycles. The zero-order valence-corrected chi connectivity index (χ0v) is 16.8. The number of halogens is 3. The van der Waals surface area contributed by atoms with Gasteiger partial charge in [-0.2, -0.15) is 0 Å². The lowest BCUT2D eigenvalue weighted by Crippen LogP contribution is -2.28. The van der Waals surface area contributed by atoms with Gasteiger partial charge in [-0.05, 0) is 30.7 Å². The molecule has 1 aromatic carbocycles. The molecule has 3 N–H and O–H groups in total. The second kappa shape index (κ2) is 7.69. The minimum absolute atomic E-state index is 0.0235. The maximum atomic E-state index is 12.5. The molecular weight excluding hydrogens is 411 g/mol. The summed E-state index contributed by atoms with van der Waals surface area (Å²) >= 11 is 0. The number of hydrogen-bond acceptors (Lipinski definition) is 7. The number of aromatic nitrogens is 3. The number of aliphatic hydroxyl groups is 1. The number of alkyl halides is 3. The van der Waals surface area contributed by atoms with E-state index in [4.69, 9.17) is 0 Å². The quantitative estimate of drug-likeness (QED) is 0.559. The molecular formula is C21H20F3N5O2. The molecule has 1 atom stereocenters. The summed E-state index contributed by atoms with van der Waals surface area (Å²) in [4.78, 5) is 13.1. The monoisotopic (exact) mass is 431 g/mol. The number of nitrogens with zero attached hydrogens (tertiary/aromatic N) is 3. The van der Waals surface area contributed by atoms with E-state index >= 15 is 0 Å². The Labute approximate surface area is 176 Å². The maximum absolute atomic E-state index is 12.5. The van der Waals surface area contributed by atoms with Crippen LogP contribution in [0, 0.1) is 6.92 Å². The number of aliphatic hydroxyl groups excluding tert-OH is 1. The second-order valence-corrected chi connectivity index (χ2v) is 7.61. The first-order chi connectivity index (χ1) is 14.7. The number of rotatable bonds is 5. The van der Waals surface area contributed by atoms with Gasteiger partial charge in [0.1, 0.15) is 11.6 Å². The van der Waals surface area contributed by atoms with E-state index < -0.39 is 11.8 Å². The van der Waals surface area contributed by atoms with Gasteiger partial charge >= 0.3 is 6.36 Å². The van der Waals surface area contributed by atoms with Gasteiger partial charge in [0.15, 0.2) is 0 Å². The van der Waals surface area contributed by atoms with Crippen molar-refractivity contribution in [2.75, 3.05) is 23.8 Å². The number of hydrogen-bond donors (Lipinski definition) is 3. The van der Waals surface area contributed by atoms with Gasteiger partial charge in [0.25, 0.3) is 0 Å². The molecule has 3 aromatic rings. The van der Waals surface area contributed by atoms with Crippen molar-refractivity contribution in [3.63, 3.8) is 0 Å². The molecule has 10 heteroatoms. The molecule has 1 aliphatic rings. The van der Waals surface area contributed by atoms with Crippen LogP contribution in [0.15, 0.2) is 42.7 Å². The van der Waals surface area contributed by atoms with E-state index in [-0.39, 0.29) is 18.3 Å². The van der Waals surface area contributed by atoms with Gasteiger partial charge < -0.3 is 20.5 Å². The Morgan fingerprint density at radius 1 is 1.23 bits per heavy atom. The first-order valence-corrected chi connectivity index (χ1v) is 9.49. The number of fused-ring (bicyclic) bond motifs is 1. The van der Waals surface area contributed by atoms with Gasteiger partial charge in [-0.1, -0.05) is 13.0 Å². The first-order valence-electron chi connectivity index (χ1n) is 9.49. The number of nitrogens with one attached hydrogen (secondary N) is 2. The summed E-state index contributed by atoms with van der Waals surface area (Å²) in [7, 11) is 0. The van der Waals surface area contributed by atoms with E-state index in [1.807, 2.05) is 13.0 Å². The molecule has 7 nitrogen and oxygen atoms in total. The predicted molar refractivity (Wildman–Crippen MR) is 109 cm³/mol. The largest absolute Gasteiger partial charge is 0.573 e. The number of aryl methyl sites for hydroxylation is 1. The fourth-order valence-electron chi connectivity index (χ4n) is 3.35. The van der Waals surface area contributed by atoms with Gasteiger partial charge in [0.2, 0.25) is 5.95 Å². The molecule has 0 radical (unpaired) electrons. The molecule has 3 heterocycles. The SMILES string of the molecule is Cc1ccc(OC(F)(F)F)cc1Nc1nccc(-c2cnc3c(c2)C(C)(CO)CN3)n1. The third kappa shape index (κ3) is 4.38. The van der Waals surface area contributed by atoms with Crippen molar-refractivity contribution in [2.45, 2.75) is 25.6 Å². The zero-order valence-electron chi connectivity index (χ0n) is 16.8. The number of anilines is 3. The molecule has 1 unspecified atom stereocenters. The number of ether oxygens (including phenoxy) is 1. The van der Waals surface area contributed by atoms with Gasteiger partial charge in [0, 0.05) is 47.2 Å². The highest BCUT2D eigenvalue weighted by molar-refractivity contribution is 5.68. The molecule has 162 valence electrons. The van der Waals surface area contributed by atoms with E-state index in [9.17, 15) is 18.3 Å². The molecule has 0 spiro atoms. The van der Waals surface area contributed by atoms with Crippen molar-refractivity contribution in [3.8, 4) is 17.0 Å². The van der Waals surface area contributed by atoms with Crippen LogP contribution in [-0.2, 0) is 5.41 Å². The van der Waals surface area contributed by atoms with Crippen LogP contribution in [0.3, 0.4) is 0 Å². The standard InChI is InChI=1S/C21H20F3N5O2/c1-12-3-4-14(31-21(22,23)24)8-17(12)29-19-25-6-5-16(28-19)13-7-15-18(26-9-13)27-10-20(15,2)11-30/h3-9,30H,10-11H2,1-2H3,(H,26,27)(H,25,28,29). The topological polar surface area (TPSA) is 92.2 Å². The van der Waals surface area contributed by atoms with Crippen LogP contribution in [-0.4, -0.2) is 39.6 Å². The Balaban J connectivity index is 1.62. The van der Waals surface area contributed by atoms with Crippen LogP contribution in [0.4, 0.5) is 30.6 Å². The summed E-state index contributed by atoms with van der Waals surface area (Å²) in [6.07, 6.45) is -1.56. The zero-order chi connectivity index (χ0) is 22.2. The third-order valence-corrected chi connectivity index (χ3v) is 5.17. The Hall–Kier alpha value is -3.40. The molecule has 0 amide bonds. The minimum atomic E-state index is -4.78. The second-order valence-electron chi connectivity index (χ2n) is 7.61. The highest BCUT2D eigenvalue weighted by Crippen LogP contribution is 2.37. The summed E-state index contributed by atoms with van der Waals surface area (Å²) in [5, 5.41) is 15.9. The fourth-order valence-corrected chi connectivity index (χ4v) is 3.35. The first kappa shape index (κ1) is 20.9. The minimum Gasteiger partial charge on any atom is -0.406 e. The van der Waals surface area contributed by atoms with E-state index in [0.29, 0.717) is 23.5 Å².